The minimum absolute atomic E-state index is 0.0323. The van der Waals surface area contributed by atoms with Crippen LogP contribution < -0.4 is 0 Å². The zero-order valence-corrected chi connectivity index (χ0v) is 51.8. The maximum absolute atomic E-state index is 12.8. The Kier molecular flexibility index (Phi) is 56.2. The minimum Gasteiger partial charge on any atom is -0.462 e. The highest BCUT2D eigenvalue weighted by atomic mass is 31.2. The standard InChI is InChI=1S/C67H122NO8P/c1-6-8-10-12-14-16-18-20-22-24-26-27-28-29-30-31-32-33-34-35-36-37-38-39-40-41-42-44-46-48-50-52-54-56-58-60-67(70)76-65(64-75-77(71,72)74-62-61-68(3,4)5)63-73-66(69)59-57-55-53-51-49-47-45-43-25-23-21-19-17-15-13-11-9-7-2/h8,10,14,16,20,22,26-27,29-30,32-33,65H,6-7,9,11-13,15,17-19,21,23-25,28,31,34-64H2,1-5H3/p+1/b10-8-,16-14-,22-20-,27-26-,30-29-,33-32-. The van der Waals surface area contributed by atoms with Crippen LogP contribution in [0.15, 0.2) is 72.9 Å². The van der Waals surface area contributed by atoms with Gasteiger partial charge in [0.1, 0.15) is 19.8 Å². The molecule has 77 heavy (non-hydrogen) atoms. The summed E-state index contributed by atoms with van der Waals surface area (Å²) in [5.74, 6) is -0.784. The summed E-state index contributed by atoms with van der Waals surface area (Å²) in [5.41, 5.74) is 0. The van der Waals surface area contributed by atoms with Gasteiger partial charge in [-0.2, -0.15) is 0 Å². The molecule has 2 atom stereocenters. The zero-order valence-electron chi connectivity index (χ0n) is 50.9. The van der Waals surface area contributed by atoms with Crippen LogP contribution in [0.4, 0.5) is 0 Å². The van der Waals surface area contributed by atoms with Gasteiger partial charge in [0.15, 0.2) is 6.10 Å². The summed E-state index contributed by atoms with van der Waals surface area (Å²) in [6.45, 7) is 4.36. The Morgan fingerprint density at radius 1 is 0.416 bits per heavy atom. The molecule has 10 heteroatoms. The first-order valence-electron chi connectivity index (χ1n) is 32.2. The number of allylic oxidation sites excluding steroid dienone is 12. The van der Waals surface area contributed by atoms with Crippen molar-refractivity contribution in [2.75, 3.05) is 47.5 Å². The van der Waals surface area contributed by atoms with E-state index in [9.17, 15) is 19.0 Å². The molecule has 0 heterocycles. The molecule has 0 aromatic carbocycles. The number of phosphoric acid groups is 1. The summed E-state index contributed by atoms with van der Waals surface area (Å²) in [6, 6.07) is 0. The number of phosphoric ester groups is 1. The highest BCUT2D eigenvalue weighted by molar-refractivity contribution is 7.47. The molecule has 0 amide bonds. The molecule has 0 aromatic heterocycles. The Bertz CT molecular complexity index is 1530. The van der Waals surface area contributed by atoms with Crippen LogP contribution in [0.25, 0.3) is 0 Å². The smallest absolute Gasteiger partial charge is 0.462 e. The monoisotopic (exact) mass is 1100 g/mol. The van der Waals surface area contributed by atoms with Gasteiger partial charge < -0.3 is 18.9 Å². The molecular formula is C67H123NO8P+. The second-order valence-corrected chi connectivity index (χ2v) is 24.2. The summed E-state index contributed by atoms with van der Waals surface area (Å²) >= 11 is 0. The summed E-state index contributed by atoms with van der Waals surface area (Å²) in [7, 11) is 1.49. The Hall–Kier alpha value is -2.55. The van der Waals surface area contributed by atoms with Crippen molar-refractivity contribution in [2.24, 2.45) is 0 Å². The molecule has 0 aliphatic carbocycles. The fraction of sp³-hybridized carbons (Fsp3) is 0.791. The van der Waals surface area contributed by atoms with Crippen LogP contribution in [0, 0.1) is 0 Å². The Morgan fingerprint density at radius 2 is 0.740 bits per heavy atom. The summed E-state index contributed by atoms with van der Waals surface area (Å²) < 4.78 is 34.6. The average Bonchev–Trinajstić information content (AvgIpc) is 3.39. The number of carbonyl (C=O) groups is 2. The van der Waals surface area contributed by atoms with Gasteiger partial charge in [-0.15, -0.1) is 0 Å². The van der Waals surface area contributed by atoms with E-state index < -0.39 is 26.5 Å². The second-order valence-electron chi connectivity index (χ2n) is 22.8. The molecule has 9 nitrogen and oxygen atoms in total. The number of nitrogens with zero attached hydrogens (tertiary/aromatic N) is 1. The van der Waals surface area contributed by atoms with Crippen LogP contribution in [0.1, 0.15) is 290 Å². The Balaban J connectivity index is 4.03. The lowest BCUT2D eigenvalue weighted by Crippen LogP contribution is -2.37. The molecule has 2 unspecified atom stereocenters. The highest BCUT2D eigenvalue weighted by Gasteiger charge is 2.27. The summed E-state index contributed by atoms with van der Waals surface area (Å²) in [6.07, 6.45) is 77.0. The predicted molar refractivity (Wildman–Crippen MR) is 330 cm³/mol. The molecule has 0 saturated carbocycles. The molecule has 0 radical (unpaired) electrons. The van der Waals surface area contributed by atoms with Gasteiger partial charge in [0.2, 0.25) is 0 Å². The van der Waals surface area contributed by atoms with Gasteiger partial charge in [0.25, 0.3) is 0 Å². The second kappa shape index (κ2) is 58.1. The number of rotatable bonds is 59. The number of unbranched alkanes of at least 4 members (excludes halogenated alkanes) is 33. The lowest BCUT2D eigenvalue weighted by Gasteiger charge is -2.24. The fourth-order valence-electron chi connectivity index (χ4n) is 9.08. The van der Waals surface area contributed by atoms with Crippen LogP contribution >= 0.6 is 7.82 Å². The van der Waals surface area contributed by atoms with Crippen LogP contribution in [-0.4, -0.2) is 74.9 Å². The van der Waals surface area contributed by atoms with Crippen LogP contribution in [-0.2, 0) is 32.7 Å². The molecule has 0 saturated heterocycles. The zero-order chi connectivity index (χ0) is 56.3. The third kappa shape index (κ3) is 62.5. The summed E-state index contributed by atoms with van der Waals surface area (Å²) in [5, 5.41) is 0. The third-order valence-electron chi connectivity index (χ3n) is 14.0. The predicted octanol–water partition coefficient (Wildman–Crippen LogP) is 20.4. The van der Waals surface area contributed by atoms with Gasteiger partial charge in [0, 0.05) is 12.8 Å². The van der Waals surface area contributed by atoms with Gasteiger partial charge in [-0.3, -0.25) is 18.6 Å². The van der Waals surface area contributed by atoms with Gasteiger partial charge >= 0.3 is 19.8 Å². The molecule has 0 spiro atoms. The third-order valence-corrected chi connectivity index (χ3v) is 15.0. The van der Waals surface area contributed by atoms with Crippen molar-refractivity contribution in [3.8, 4) is 0 Å². The van der Waals surface area contributed by atoms with E-state index in [0.717, 1.165) is 70.6 Å². The quantitative estimate of drug-likeness (QED) is 0.0211. The van der Waals surface area contributed by atoms with Crippen molar-refractivity contribution in [2.45, 2.75) is 296 Å². The van der Waals surface area contributed by atoms with Gasteiger partial charge in [-0.25, -0.2) is 4.57 Å². The van der Waals surface area contributed by atoms with Gasteiger partial charge in [-0.1, -0.05) is 286 Å². The first kappa shape index (κ1) is 74.5. The van der Waals surface area contributed by atoms with Gasteiger partial charge in [-0.05, 0) is 64.2 Å². The largest absolute Gasteiger partial charge is 0.472 e. The number of esters is 2. The van der Waals surface area contributed by atoms with E-state index >= 15 is 0 Å². The van der Waals surface area contributed by atoms with E-state index in [-0.39, 0.29) is 25.6 Å². The fourth-order valence-corrected chi connectivity index (χ4v) is 9.82. The van der Waals surface area contributed by atoms with E-state index in [0.29, 0.717) is 23.9 Å². The number of carbonyl (C=O) groups excluding carboxylic acids is 2. The topological polar surface area (TPSA) is 108 Å². The number of ether oxygens (including phenoxy) is 2. The van der Waals surface area contributed by atoms with Crippen molar-refractivity contribution in [1.82, 2.24) is 0 Å². The maximum atomic E-state index is 12.8. The van der Waals surface area contributed by atoms with Crippen molar-refractivity contribution in [3.63, 3.8) is 0 Å². The molecule has 0 aliphatic rings. The average molecular weight is 1100 g/mol. The molecule has 0 rings (SSSR count). The molecular weight excluding hydrogens is 978 g/mol. The first-order chi connectivity index (χ1) is 37.5. The van der Waals surface area contributed by atoms with Crippen molar-refractivity contribution in [3.05, 3.63) is 72.9 Å². The van der Waals surface area contributed by atoms with Crippen LogP contribution in [0.5, 0.6) is 0 Å². The van der Waals surface area contributed by atoms with Crippen LogP contribution in [0.3, 0.4) is 0 Å². The van der Waals surface area contributed by atoms with Gasteiger partial charge in [0.05, 0.1) is 27.7 Å². The lowest BCUT2D eigenvalue weighted by atomic mass is 10.0. The minimum atomic E-state index is -4.39. The number of hydrogen-bond donors (Lipinski definition) is 1. The molecule has 0 aliphatic heterocycles. The number of hydrogen-bond acceptors (Lipinski definition) is 7. The number of quaternary nitrogens is 1. The Morgan fingerprint density at radius 3 is 1.10 bits per heavy atom. The van der Waals surface area contributed by atoms with E-state index in [4.69, 9.17) is 18.5 Å². The van der Waals surface area contributed by atoms with E-state index in [1.54, 1.807) is 0 Å². The molecule has 0 fully saturated rings. The first-order valence-corrected chi connectivity index (χ1v) is 33.7. The maximum Gasteiger partial charge on any atom is 0.472 e. The lowest BCUT2D eigenvalue weighted by molar-refractivity contribution is -0.870. The van der Waals surface area contributed by atoms with Crippen molar-refractivity contribution < 1.29 is 42.1 Å². The molecule has 0 aromatic rings. The number of likely N-dealkylation sites (N-methyl/N-ethyl adjacent to an activating group) is 1. The van der Waals surface area contributed by atoms with Crippen molar-refractivity contribution >= 4 is 19.8 Å². The normalized spacial score (nSPS) is 13.7. The van der Waals surface area contributed by atoms with E-state index in [2.05, 4.69) is 86.8 Å². The molecule has 0 bridgehead atoms. The van der Waals surface area contributed by atoms with Crippen LogP contribution in [0.2, 0.25) is 0 Å². The highest BCUT2D eigenvalue weighted by Crippen LogP contribution is 2.43. The van der Waals surface area contributed by atoms with E-state index in [1.807, 2.05) is 21.1 Å². The van der Waals surface area contributed by atoms with Crippen molar-refractivity contribution in [1.29, 1.82) is 0 Å². The molecule has 448 valence electrons. The SMILES string of the molecule is CC/C=C\C/C=C\C/C=C\C/C=C\C/C=C\C/C=C\CCCCCCCCCCCCCCCCCCC(=O)OC(COC(=O)CCCCCCCCCCCCCCCCCCCC)COP(=O)(O)OCC[N+](C)(C)C. The summed E-state index contributed by atoms with van der Waals surface area (Å²) in [4.78, 5) is 35.8. The Labute approximate surface area is 476 Å². The van der Waals surface area contributed by atoms with E-state index in [1.165, 1.54) is 186 Å². The molecule has 1 N–H and O–H groups in total.